The first-order valence-corrected chi connectivity index (χ1v) is 9.34. The molecule has 2 aliphatic heterocycles. The molecule has 2 fully saturated rings. The Morgan fingerprint density at radius 1 is 1.26 bits per heavy atom. The normalized spacial score (nSPS) is 23.4. The van der Waals surface area contributed by atoms with Crippen LogP contribution in [-0.2, 0) is 16.1 Å². The van der Waals surface area contributed by atoms with Gasteiger partial charge in [-0.3, -0.25) is 19.9 Å². The van der Waals surface area contributed by atoms with Gasteiger partial charge >= 0.3 is 0 Å². The molecule has 0 aliphatic carbocycles. The molecule has 27 heavy (non-hydrogen) atoms. The van der Waals surface area contributed by atoms with Crippen LogP contribution in [0.5, 0.6) is 11.5 Å². The molecule has 8 nitrogen and oxygen atoms in total. The fraction of sp³-hybridized carbons (Fsp3) is 0.579. The van der Waals surface area contributed by atoms with Crippen LogP contribution in [0.25, 0.3) is 0 Å². The summed E-state index contributed by atoms with van der Waals surface area (Å²) < 4.78 is 10.5. The Bertz CT molecular complexity index is 659. The first-order chi connectivity index (χ1) is 13.1. The van der Waals surface area contributed by atoms with Crippen molar-refractivity contribution in [2.24, 2.45) is 5.92 Å². The third-order valence-electron chi connectivity index (χ3n) is 5.20. The largest absolute Gasteiger partial charge is 0.497 e. The van der Waals surface area contributed by atoms with Gasteiger partial charge in [-0.2, -0.15) is 0 Å². The highest BCUT2D eigenvalue weighted by molar-refractivity contribution is 5.79. The van der Waals surface area contributed by atoms with E-state index in [4.69, 9.17) is 9.47 Å². The Morgan fingerprint density at radius 2 is 2.00 bits per heavy atom. The summed E-state index contributed by atoms with van der Waals surface area (Å²) >= 11 is 0. The summed E-state index contributed by atoms with van der Waals surface area (Å²) in [6, 6.07) is 5.74. The second kappa shape index (κ2) is 9.05. The maximum atomic E-state index is 12.7. The molecule has 3 rings (SSSR count). The van der Waals surface area contributed by atoms with Gasteiger partial charge in [0.05, 0.1) is 20.1 Å². The number of piperidine rings is 1. The quantitative estimate of drug-likeness (QED) is 0.667. The van der Waals surface area contributed by atoms with Crippen LogP contribution in [-0.4, -0.2) is 56.6 Å². The van der Waals surface area contributed by atoms with E-state index in [-0.39, 0.29) is 23.8 Å². The lowest BCUT2D eigenvalue weighted by molar-refractivity contribution is -0.128. The number of carbonyl (C=O) groups excluding carboxylic acids is 2. The van der Waals surface area contributed by atoms with Crippen molar-refractivity contribution in [2.75, 3.05) is 33.9 Å². The van der Waals surface area contributed by atoms with Gasteiger partial charge in [0.15, 0.2) is 0 Å². The van der Waals surface area contributed by atoms with E-state index >= 15 is 0 Å². The van der Waals surface area contributed by atoms with Crippen molar-refractivity contribution in [1.29, 1.82) is 0 Å². The highest BCUT2D eigenvalue weighted by Gasteiger charge is 2.32. The molecule has 0 radical (unpaired) electrons. The molecule has 3 N–H and O–H groups in total. The third-order valence-corrected chi connectivity index (χ3v) is 5.20. The lowest BCUT2D eigenvalue weighted by Crippen LogP contribution is -2.57. The summed E-state index contributed by atoms with van der Waals surface area (Å²) in [5.74, 6) is 1.40. The number of hydrogen-bond donors (Lipinski definition) is 3. The Hall–Kier alpha value is -2.32. The summed E-state index contributed by atoms with van der Waals surface area (Å²) in [6.45, 7) is 2.75. The van der Waals surface area contributed by atoms with E-state index in [1.54, 1.807) is 20.3 Å². The van der Waals surface area contributed by atoms with Gasteiger partial charge in [0.1, 0.15) is 11.5 Å². The van der Waals surface area contributed by atoms with Crippen molar-refractivity contribution in [3.05, 3.63) is 23.8 Å². The second-order valence-electron chi connectivity index (χ2n) is 7.06. The van der Waals surface area contributed by atoms with E-state index in [1.807, 2.05) is 12.1 Å². The molecule has 1 aromatic rings. The van der Waals surface area contributed by atoms with Crippen molar-refractivity contribution in [3.8, 4) is 11.5 Å². The predicted octanol–water partition coefficient (Wildman–Crippen LogP) is 0.425. The van der Waals surface area contributed by atoms with Crippen molar-refractivity contribution in [3.63, 3.8) is 0 Å². The third kappa shape index (κ3) is 5.11. The monoisotopic (exact) mass is 376 g/mol. The Kier molecular flexibility index (Phi) is 6.52. The highest BCUT2D eigenvalue weighted by Crippen LogP contribution is 2.23. The molecule has 2 atom stereocenters. The number of likely N-dealkylation sites (tertiary alicyclic amines) is 1. The van der Waals surface area contributed by atoms with Crippen molar-refractivity contribution in [2.45, 2.75) is 31.8 Å². The molecule has 148 valence electrons. The second-order valence-corrected chi connectivity index (χ2v) is 7.06. The summed E-state index contributed by atoms with van der Waals surface area (Å²) in [4.78, 5) is 26.5. The van der Waals surface area contributed by atoms with Crippen LogP contribution in [0.3, 0.4) is 0 Å². The van der Waals surface area contributed by atoms with Gasteiger partial charge in [-0.05, 0) is 37.1 Å². The molecule has 2 aliphatic rings. The molecule has 8 heteroatoms. The molecule has 0 aromatic heterocycles. The van der Waals surface area contributed by atoms with Gasteiger partial charge in [-0.1, -0.05) is 0 Å². The lowest BCUT2D eigenvalue weighted by Gasteiger charge is -2.39. The summed E-state index contributed by atoms with van der Waals surface area (Å²) in [5.41, 5.74) is 6.49. The van der Waals surface area contributed by atoms with Gasteiger partial charge in [0.25, 0.3) is 0 Å². The van der Waals surface area contributed by atoms with E-state index < -0.39 is 0 Å². The molecule has 1 aromatic carbocycles. The molecule has 2 saturated heterocycles. The minimum absolute atomic E-state index is 0.00444. The van der Waals surface area contributed by atoms with Crippen LogP contribution in [0.15, 0.2) is 18.2 Å². The van der Waals surface area contributed by atoms with Crippen LogP contribution < -0.4 is 25.6 Å². The average Bonchev–Trinajstić information content (AvgIpc) is 2.71. The highest BCUT2D eigenvalue weighted by atomic mass is 16.5. The fourth-order valence-corrected chi connectivity index (χ4v) is 3.72. The standard InChI is InChI=1S/C19H28N4O4/c1-26-16-6-13(7-17(9-16)27-2)10-20-19(25)14-4-3-5-23(12-14)15-8-18(24)22-21-11-15/h6-7,9,14-15,21H,3-5,8,10-12H2,1-2H3,(H,20,25)(H,22,24). The van der Waals surface area contributed by atoms with Crippen LogP contribution in [0.2, 0.25) is 0 Å². The van der Waals surface area contributed by atoms with Gasteiger partial charge in [-0.25, -0.2) is 5.43 Å². The van der Waals surface area contributed by atoms with Crippen LogP contribution in [0.4, 0.5) is 0 Å². The van der Waals surface area contributed by atoms with E-state index in [0.29, 0.717) is 37.6 Å². The minimum Gasteiger partial charge on any atom is -0.497 e. The summed E-state index contributed by atoms with van der Waals surface area (Å²) in [5, 5.41) is 3.03. The fourth-order valence-electron chi connectivity index (χ4n) is 3.72. The molecule has 2 heterocycles. The number of rotatable bonds is 6. The zero-order valence-electron chi connectivity index (χ0n) is 15.9. The number of nitrogens with zero attached hydrogens (tertiary/aromatic N) is 1. The molecule has 0 bridgehead atoms. The smallest absolute Gasteiger partial charge is 0.235 e. The summed E-state index contributed by atoms with van der Waals surface area (Å²) in [7, 11) is 3.21. The molecule has 0 saturated carbocycles. The van der Waals surface area contributed by atoms with E-state index in [0.717, 1.165) is 24.9 Å². The zero-order valence-corrected chi connectivity index (χ0v) is 15.9. The van der Waals surface area contributed by atoms with Crippen molar-refractivity contribution >= 4 is 11.8 Å². The Labute approximate surface area is 159 Å². The van der Waals surface area contributed by atoms with E-state index in [1.165, 1.54) is 0 Å². The number of nitrogens with one attached hydrogen (secondary N) is 3. The van der Waals surface area contributed by atoms with E-state index in [9.17, 15) is 9.59 Å². The van der Waals surface area contributed by atoms with Crippen molar-refractivity contribution < 1.29 is 19.1 Å². The van der Waals surface area contributed by atoms with Gasteiger partial charge < -0.3 is 14.8 Å². The first-order valence-electron chi connectivity index (χ1n) is 9.34. The number of hydrazine groups is 1. The SMILES string of the molecule is COc1cc(CNC(=O)C2CCCN(C3CNNC(=O)C3)C2)cc(OC)c1. The average molecular weight is 376 g/mol. The molecular weight excluding hydrogens is 348 g/mol. The Morgan fingerprint density at radius 3 is 2.67 bits per heavy atom. The zero-order chi connectivity index (χ0) is 19.2. The van der Waals surface area contributed by atoms with Gasteiger partial charge in [-0.15, -0.1) is 0 Å². The molecular formula is C19H28N4O4. The Balaban J connectivity index is 1.55. The number of ether oxygens (including phenoxy) is 2. The first kappa shape index (κ1) is 19.4. The minimum atomic E-state index is -0.0590. The topological polar surface area (TPSA) is 91.9 Å². The number of hydrogen-bond acceptors (Lipinski definition) is 6. The summed E-state index contributed by atoms with van der Waals surface area (Å²) in [6.07, 6.45) is 2.31. The maximum absolute atomic E-state index is 12.7. The lowest BCUT2D eigenvalue weighted by atomic mass is 9.94. The van der Waals surface area contributed by atoms with Gasteiger partial charge in [0.2, 0.25) is 11.8 Å². The predicted molar refractivity (Wildman–Crippen MR) is 100 cm³/mol. The number of amides is 2. The van der Waals surface area contributed by atoms with Crippen LogP contribution >= 0.6 is 0 Å². The molecule has 0 spiro atoms. The number of benzene rings is 1. The van der Waals surface area contributed by atoms with Crippen LogP contribution in [0, 0.1) is 5.92 Å². The molecule has 2 amide bonds. The molecule has 2 unspecified atom stereocenters. The van der Waals surface area contributed by atoms with Crippen LogP contribution in [0.1, 0.15) is 24.8 Å². The van der Waals surface area contributed by atoms with Crippen molar-refractivity contribution in [1.82, 2.24) is 21.1 Å². The van der Waals surface area contributed by atoms with E-state index in [2.05, 4.69) is 21.1 Å². The number of carbonyl (C=O) groups is 2. The number of methoxy groups -OCH3 is 2. The maximum Gasteiger partial charge on any atom is 0.235 e. The van der Waals surface area contributed by atoms with Gasteiger partial charge in [0, 0.05) is 38.2 Å².